The Hall–Kier alpha value is -1.45. The zero-order chi connectivity index (χ0) is 13.3. The van der Waals surface area contributed by atoms with Gasteiger partial charge in [-0.05, 0) is 30.7 Å². The Morgan fingerprint density at radius 3 is 2.44 bits per heavy atom. The first-order valence-corrected chi connectivity index (χ1v) is 5.84. The van der Waals surface area contributed by atoms with Crippen LogP contribution in [-0.2, 0) is 0 Å². The van der Waals surface area contributed by atoms with Gasteiger partial charge in [-0.25, -0.2) is 8.78 Å². The molecular weight excluding hydrogens is 256 g/mol. The van der Waals surface area contributed by atoms with Gasteiger partial charge in [0.25, 0.3) is 0 Å². The van der Waals surface area contributed by atoms with Crippen LogP contribution in [0.5, 0.6) is 0 Å². The summed E-state index contributed by atoms with van der Waals surface area (Å²) in [5, 5.41) is 0.197. The van der Waals surface area contributed by atoms with Gasteiger partial charge < -0.3 is 5.73 Å². The van der Waals surface area contributed by atoms with Gasteiger partial charge in [0, 0.05) is 16.1 Å². The van der Waals surface area contributed by atoms with Gasteiger partial charge in [0.1, 0.15) is 11.6 Å². The normalized spacial score (nSPS) is 12.5. The highest BCUT2D eigenvalue weighted by atomic mass is 35.5. The summed E-state index contributed by atoms with van der Waals surface area (Å²) in [4.78, 5) is 0. The van der Waals surface area contributed by atoms with E-state index in [1.807, 2.05) is 0 Å². The number of rotatable bonds is 2. The molecule has 0 aromatic heterocycles. The molecule has 18 heavy (non-hydrogen) atoms. The molecule has 2 N–H and O–H groups in total. The summed E-state index contributed by atoms with van der Waals surface area (Å²) >= 11 is 5.92. The average Bonchev–Trinajstić information content (AvgIpc) is 2.28. The highest BCUT2D eigenvalue weighted by molar-refractivity contribution is 6.31. The average molecular weight is 268 g/mol. The Morgan fingerprint density at radius 2 is 1.83 bits per heavy atom. The summed E-state index contributed by atoms with van der Waals surface area (Å²) in [5.74, 6) is -0.989. The summed E-state index contributed by atoms with van der Waals surface area (Å²) in [6.45, 7) is 1.77. The number of aryl methyl sites for hydroxylation is 1. The Morgan fingerprint density at radius 1 is 1.11 bits per heavy atom. The largest absolute Gasteiger partial charge is 0.320 e. The molecule has 1 nitrogen and oxygen atoms in total. The van der Waals surface area contributed by atoms with Crippen molar-refractivity contribution >= 4 is 11.6 Å². The van der Waals surface area contributed by atoms with E-state index in [2.05, 4.69) is 0 Å². The minimum Gasteiger partial charge on any atom is -0.320 e. The second kappa shape index (κ2) is 5.04. The summed E-state index contributed by atoms with van der Waals surface area (Å²) in [6, 6.07) is 8.01. The summed E-state index contributed by atoms with van der Waals surface area (Å²) in [6.07, 6.45) is 0. The molecule has 0 heterocycles. The fourth-order valence-corrected chi connectivity index (χ4v) is 2.13. The first-order chi connectivity index (χ1) is 8.50. The molecule has 4 heteroatoms. The van der Waals surface area contributed by atoms with E-state index in [0.29, 0.717) is 0 Å². The van der Waals surface area contributed by atoms with Crippen LogP contribution in [0.3, 0.4) is 0 Å². The van der Waals surface area contributed by atoms with Gasteiger partial charge in [0.15, 0.2) is 0 Å². The molecule has 0 aliphatic rings. The molecule has 0 saturated carbocycles. The molecular formula is C14H12ClF2N. The minimum absolute atomic E-state index is 0.113. The molecule has 2 aromatic rings. The highest BCUT2D eigenvalue weighted by Gasteiger charge is 2.19. The van der Waals surface area contributed by atoms with Crippen molar-refractivity contribution in [2.75, 3.05) is 0 Å². The van der Waals surface area contributed by atoms with Crippen molar-refractivity contribution in [2.45, 2.75) is 13.0 Å². The highest BCUT2D eigenvalue weighted by Crippen LogP contribution is 2.30. The lowest BCUT2D eigenvalue weighted by atomic mass is 9.97. The van der Waals surface area contributed by atoms with Crippen LogP contribution < -0.4 is 5.73 Å². The SMILES string of the molecule is Cc1ccc(C(N)c2c(F)cccc2Cl)c(F)c1. The number of benzene rings is 2. The predicted molar refractivity (Wildman–Crippen MR) is 68.6 cm³/mol. The van der Waals surface area contributed by atoms with E-state index in [-0.39, 0.29) is 16.1 Å². The fraction of sp³-hybridized carbons (Fsp3) is 0.143. The number of halogens is 3. The third kappa shape index (κ3) is 2.37. The van der Waals surface area contributed by atoms with Crippen molar-refractivity contribution < 1.29 is 8.78 Å². The van der Waals surface area contributed by atoms with E-state index in [4.69, 9.17) is 17.3 Å². The van der Waals surface area contributed by atoms with E-state index in [0.717, 1.165) is 5.56 Å². The zero-order valence-corrected chi connectivity index (χ0v) is 10.5. The third-order valence-corrected chi connectivity index (χ3v) is 3.13. The first kappa shape index (κ1) is 13.0. The lowest BCUT2D eigenvalue weighted by Crippen LogP contribution is -2.16. The Kier molecular flexibility index (Phi) is 3.64. The molecule has 94 valence electrons. The van der Waals surface area contributed by atoms with Crippen LogP contribution in [0.25, 0.3) is 0 Å². The lowest BCUT2D eigenvalue weighted by molar-refractivity contribution is 0.575. The third-order valence-electron chi connectivity index (χ3n) is 2.80. The van der Waals surface area contributed by atoms with Gasteiger partial charge in [0.05, 0.1) is 6.04 Å². The molecule has 0 spiro atoms. The second-order valence-corrected chi connectivity index (χ2v) is 4.55. The van der Waals surface area contributed by atoms with Crippen LogP contribution in [0.15, 0.2) is 36.4 Å². The van der Waals surface area contributed by atoms with Crippen LogP contribution in [-0.4, -0.2) is 0 Å². The van der Waals surface area contributed by atoms with Crippen molar-refractivity contribution in [1.82, 2.24) is 0 Å². The minimum atomic E-state index is -0.917. The number of nitrogens with two attached hydrogens (primary N) is 1. The molecule has 2 aromatic carbocycles. The maximum atomic E-state index is 13.8. The van der Waals surface area contributed by atoms with Crippen molar-refractivity contribution in [2.24, 2.45) is 5.73 Å². The molecule has 0 bridgehead atoms. The maximum absolute atomic E-state index is 13.8. The van der Waals surface area contributed by atoms with Gasteiger partial charge in [-0.1, -0.05) is 29.8 Å². The predicted octanol–water partition coefficient (Wildman–Crippen LogP) is 3.97. The van der Waals surface area contributed by atoms with Crippen LogP contribution >= 0.6 is 11.6 Å². The molecule has 1 atom stereocenters. The Labute approximate surface area is 109 Å². The number of hydrogen-bond donors (Lipinski definition) is 1. The van der Waals surface area contributed by atoms with Crippen molar-refractivity contribution in [3.05, 3.63) is 69.7 Å². The van der Waals surface area contributed by atoms with E-state index < -0.39 is 17.7 Å². The number of hydrogen-bond acceptors (Lipinski definition) is 1. The van der Waals surface area contributed by atoms with E-state index in [1.54, 1.807) is 19.1 Å². The standard InChI is InChI=1S/C14H12ClF2N/c1-8-5-6-9(12(17)7-8)14(18)13-10(15)3-2-4-11(13)16/h2-7,14H,18H2,1H3. The first-order valence-electron chi connectivity index (χ1n) is 5.46. The quantitative estimate of drug-likeness (QED) is 0.875. The van der Waals surface area contributed by atoms with Crippen molar-refractivity contribution in [1.29, 1.82) is 0 Å². The topological polar surface area (TPSA) is 26.0 Å². The van der Waals surface area contributed by atoms with Crippen molar-refractivity contribution in [3.63, 3.8) is 0 Å². The fourth-order valence-electron chi connectivity index (χ4n) is 1.85. The van der Waals surface area contributed by atoms with E-state index >= 15 is 0 Å². The summed E-state index contributed by atoms with van der Waals surface area (Å²) < 4.78 is 27.5. The van der Waals surface area contributed by atoms with Crippen LogP contribution in [0, 0.1) is 18.6 Å². The Bertz CT molecular complexity index is 564. The molecule has 0 amide bonds. The smallest absolute Gasteiger partial charge is 0.129 e. The van der Waals surface area contributed by atoms with Gasteiger partial charge in [-0.3, -0.25) is 0 Å². The molecule has 0 fully saturated rings. The molecule has 0 saturated heterocycles. The van der Waals surface area contributed by atoms with Gasteiger partial charge in [-0.15, -0.1) is 0 Å². The van der Waals surface area contributed by atoms with Gasteiger partial charge in [0.2, 0.25) is 0 Å². The molecule has 1 unspecified atom stereocenters. The van der Waals surface area contributed by atoms with Crippen LogP contribution in [0.2, 0.25) is 5.02 Å². The van der Waals surface area contributed by atoms with Crippen molar-refractivity contribution in [3.8, 4) is 0 Å². The van der Waals surface area contributed by atoms with Gasteiger partial charge >= 0.3 is 0 Å². The maximum Gasteiger partial charge on any atom is 0.129 e. The lowest BCUT2D eigenvalue weighted by Gasteiger charge is -2.16. The summed E-state index contributed by atoms with van der Waals surface area (Å²) in [5.41, 5.74) is 7.03. The van der Waals surface area contributed by atoms with Gasteiger partial charge in [-0.2, -0.15) is 0 Å². The van der Waals surface area contributed by atoms with E-state index in [9.17, 15) is 8.78 Å². The monoisotopic (exact) mass is 267 g/mol. The molecule has 2 rings (SSSR count). The molecule has 0 aliphatic carbocycles. The summed E-state index contributed by atoms with van der Waals surface area (Å²) in [7, 11) is 0. The zero-order valence-electron chi connectivity index (χ0n) is 9.75. The molecule has 0 radical (unpaired) electrons. The Balaban J connectivity index is 2.51. The molecule has 0 aliphatic heterocycles. The van der Waals surface area contributed by atoms with Crippen LogP contribution in [0.4, 0.5) is 8.78 Å². The van der Waals surface area contributed by atoms with Crippen LogP contribution in [0.1, 0.15) is 22.7 Å². The van der Waals surface area contributed by atoms with E-state index in [1.165, 1.54) is 24.3 Å². The second-order valence-electron chi connectivity index (χ2n) is 4.14.